The van der Waals surface area contributed by atoms with Crippen molar-refractivity contribution in [1.29, 1.82) is 0 Å². The number of hydrogen-bond acceptors (Lipinski definition) is 4. The lowest BCUT2D eigenvalue weighted by Gasteiger charge is -2.24. The van der Waals surface area contributed by atoms with Crippen LogP contribution in [-0.2, 0) is 21.2 Å². The summed E-state index contributed by atoms with van der Waals surface area (Å²) in [5.41, 5.74) is 1.95. The molecule has 0 saturated carbocycles. The lowest BCUT2D eigenvalue weighted by atomic mass is 10.2. The van der Waals surface area contributed by atoms with E-state index in [1.807, 2.05) is 38.1 Å². The van der Waals surface area contributed by atoms with E-state index in [1.165, 1.54) is 0 Å². The third kappa shape index (κ3) is 6.93. The van der Waals surface area contributed by atoms with E-state index in [4.69, 9.17) is 11.6 Å². The number of rotatable bonds is 9. The first kappa shape index (κ1) is 22.4. The minimum Gasteiger partial charge on any atom is -0.337 e. The molecule has 2 aromatic rings. The summed E-state index contributed by atoms with van der Waals surface area (Å²) in [5.74, 6) is -0.374. The van der Waals surface area contributed by atoms with Crippen LogP contribution in [0.1, 0.15) is 17.5 Å². The van der Waals surface area contributed by atoms with Gasteiger partial charge in [-0.05, 0) is 50.8 Å². The molecule has 0 fully saturated rings. The van der Waals surface area contributed by atoms with E-state index in [-0.39, 0.29) is 23.0 Å². The molecule has 0 aromatic heterocycles. The van der Waals surface area contributed by atoms with Crippen molar-refractivity contribution in [2.75, 3.05) is 32.9 Å². The first-order chi connectivity index (χ1) is 13.2. The van der Waals surface area contributed by atoms with Crippen molar-refractivity contribution >= 4 is 27.3 Å². The minimum atomic E-state index is -3.49. The zero-order chi connectivity index (χ0) is 20.7. The number of likely N-dealkylation sites (N-methyl/N-ethyl adjacent to an activating group) is 1. The monoisotopic (exact) mass is 422 g/mol. The Bertz CT molecular complexity index is 879. The Kier molecular flexibility index (Phi) is 8.04. The van der Waals surface area contributed by atoms with E-state index in [0.717, 1.165) is 11.1 Å². The van der Waals surface area contributed by atoms with Crippen LogP contribution in [0.5, 0.6) is 0 Å². The molecule has 0 radical (unpaired) electrons. The van der Waals surface area contributed by atoms with E-state index in [0.29, 0.717) is 24.7 Å². The Hall–Kier alpha value is -1.89. The molecule has 0 bridgehead atoms. The van der Waals surface area contributed by atoms with Crippen molar-refractivity contribution in [2.45, 2.75) is 24.8 Å². The Balaban J connectivity index is 2.06. The molecule has 0 N–H and O–H groups in total. The lowest BCUT2D eigenvalue weighted by Crippen LogP contribution is -2.37. The molecule has 152 valence electrons. The molecule has 2 aromatic carbocycles. The van der Waals surface area contributed by atoms with Crippen molar-refractivity contribution in [3.63, 3.8) is 0 Å². The van der Waals surface area contributed by atoms with Gasteiger partial charge in [-0.2, -0.15) is 0 Å². The molecule has 1 amide bonds. The van der Waals surface area contributed by atoms with Gasteiger partial charge in [-0.1, -0.05) is 41.4 Å². The van der Waals surface area contributed by atoms with Gasteiger partial charge < -0.3 is 9.80 Å². The number of benzene rings is 2. The van der Waals surface area contributed by atoms with E-state index in [1.54, 1.807) is 41.3 Å². The van der Waals surface area contributed by atoms with Crippen molar-refractivity contribution < 1.29 is 13.2 Å². The molecule has 0 heterocycles. The average molecular weight is 423 g/mol. The average Bonchev–Trinajstić information content (AvgIpc) is 2.65. The Labute approximate surface area is 172 Å². The summed E-state index contributed by atoms with van der Waals surface area (Å²) in [5, 5.41) is 0.638. The second kappa shape index (κ2) is 10.0. The second-order valence-corrected chi connectivity index (χ2v) is 9.67. The maximum Gasteiger partial charge on any atom is 0.223 e. The molecule has 0 aliphatic rings. The number of amides is 1. The molecule has 0 unspecified atom stereocenters. The molecule has 0 aliphatic carbocycles. The van der Waals surface area contributed by atoms with Crippen LogP contribution in [0.15, 0.2) is 53.4 Å². The fourth-order valence-corrected chi connectivity index (χ4v) is 4.02. The van der Waals surface area contributed by atoms with Gasteiger partial charge in [0.05, 0.1) is 10.6 Å². The quantitative estimate of drug-likeness (QED) is 0.621. The Morgan fingerprint density at radius 2 is 1.57 bits per heavy atom. The Morgan fingerprint density at radius 1 is 0.964 bits per heavy atom. The lowest BCUT2D eigenvalue weighted by molar-refractivity contribution is -0.131. The minimum absolute atomic E-state index is 0.0444. The van der Waals surface area contributed by atoms with Gasteiger partial charge >= 0.3 is 0 Å². The highest BCUT2D eigenvalue weighted by Gasteiger charge is 2.20. The van der Waals surface area contributed by atoms with Gasteiger partial charge in [-0.15, -0.1) is 0 Å². The molecule has 5 nitrogen and oxygen atoms in total. The first-order valence-electron chi connectivity index (χ1n) is 9.14. The maximum atomic E-state index is 12.8. The van der Waals surface area contributed by atoms with Crippen LogP contribution in [0, 0.1) is 6.92 Å². The van der Waals surface area contributed by atoms with Crippen LogP contribution in [-0.4, -0.2) is 57.1 Å². The molecule has 2 rings (SSSR count). The van der Waals surface area contributed by atoms with Gasteiger partial charge in [0.25, 0.3) is 0 Å². The van der Waals surface area contributed by atoms with Gasteiger partial charge in [0.15, 0.2) is 9.84 Å². The van der Waals surface area contributed by atoms with E-state index in [9.17, 15) is 13.2 Å². The summed E-state index contributed by atoms with van der Waals surface area (Å²) >= 11 is 5.93. The molecule has 0 aliphatic heterocycles. The molecular weight excluding hydrogens is 396 g/mol. The summed E-state index contributed by atoms with van der Waals surface area (Å²) in [6.07, 6.45) is -0.0444. The molecule has 28 heavy (non-hydrogen) atoms. The number of halogens is 1. The topological polar surface area (TPSA) is 57.7 Å². The third-order valence-corrected chi connectivity index (χ3v) is 6.41. The SMILES string of the molecule is Cc1ccc(S(=O)(=O)CCC(=O)N(CCN(C)C)Cc2ccc(Cl)cc2)cc1. The summed E-state index contributed by atoms with van der Waals surface area (Å²) < 4.78 is 25.1. The first-order valence-corrected chi connectivity index (χ1v) is 11.2. The summed E-state index contributed by atoms with van der Waals surface area (Å²) in [6, 6.07) is 14.0. The van der Waals surface area contributed by atoms with Crippen LogP contribution < -0.4 is 0 Å². The van der Waals surface area contributed by atoms with Crippen molar-refractivity contribution in [1.82, 2.24) is 9.80 Å². The van der Waals surface area contributed by atoms with E-state index >= 15 is 0 Å². The zero-order valence-electron chi connectivity index (χ0n) is 16.6. The normalized spacial score (nSPS) is 11.6. The van der Waals surface area contributed by atoms with Crippen molar-refractivity contribution in [3.05, 3.63) is 64.7 Å². The predicted molar refractivity (Wildman–Crippen MR) is 113 cm³/mol. The van der Waals surface area contributed by atoms with Crippen LogP contribution in [0.25, 0.3) is 0 Å². The summed E-state index contributed by atoms with van der Waals surface area (Å²) in [7, 11) is 0.384. The van der Waals surface area contributed by atoms with Gasteiger partial charge in [0.2, 0.25) is 5.91 Å². The van der Waals surface area contributed by atoms with Gasteiger partial charge in [-0.3, -0.25) is 4.79 Å². The van der Waals surface area contributed by atoms with Crippen molar-refractivity contribution in [2.24, 2.45) is 0 Å². The molecule has 0 atom stereocenters. The molecule has 7 heteroatoms. The maximum absolute atomic E-state index is 12.8. The number of carbonyl (C=O) groups is 1. The fraction of sp³-hybridized carbons (Fsp3) is 0.381. The zero-order valence-corrected chi connectivity index (χ0v) is 18.1. The van der Waals surface area contributed by atoms with E-state index < -0.39 is 9.84 Å². The highest BCUT2D eigenvalue weighted by molar-refractivity contribution is 7.91. The Morgan fingerprint density at radius 3 is 2.14 bits per heavy atom. The molecular formula is C21H27ClN2O3S. The highest BCUT2D eigenvalue weighted by Crippen LogP contribution is 2.15. The second-order valence-electron chi connectivity index (χ2n) is 7.13. The number of sulfone groups is 1. The number of carbonyl (C=O) groups excluding carboxylic acids is 1. The number of hydrogen-bond donors (Lipinski definition) is 0. The van der Waals surface area contributed by atoms with Crippen molar-refractivity contribution in [3.8, 4) is 0 Å². The summed E-state index contributed by atoms with van der Waals surface area (Å²) in [6.45, 7) is 3.55. The fourth-order valence-electron chi connectivity index (χ4n) is 2.67. The van der Waals surface area contributed by atoms with Gasteiger partial charge in [-0.25, -0.2) is 8.42 Å². The predicted octanol–water partition coefficient (Wildman–Crippen LogP) is 3.40. The largest absolute Gasteiger partial charge is 0.337 e. The van der Waals surface area contributed by atoms with Gasteiger partial charge in [0.1, 0.15) is 0 Å². The van der Waals surface area contributed by atoms with Crippen LogP contribution in [0.3, 0.4) is 0 Å². The standard InChI is InChI=1S/C21H27ClN2O3S/c1-17-4-10-20(11-5-17)28(26,27)15-12-21(25)24(14-13-23(2)3)16-18-6-8-19(22)9-7-18/h4-11H,12-16H2,1-3H3. The van der Waals surface area contributed by atoms with Crippen LogP contribution in [0.2, 0.25) is 5.02 Å². The number of nitrogens with zero attached hydrogens (tertiary/aromatic N) is 2. The smallest absolute Gasteiger partial charge is 0.223 e. The third-order valence-electron chi connectivity index (χ3n) is 4.42. The van der Waals surface area contributed by atoms with E-state index in [2.05, 4.69) is 0 Å². The summed E-state index contributed by atoms with van der Waals surface area (Å²) in [4.78, 5) is 16.7. The highest BCUT2D eigenvalue weighted by atomic mass is 35.5. The molecule has 0 saturated heterocycles. The number of aryl methyl sites for hydroxylation is 1. The van der Waals surface area contributed by atoms with Crippen LogP contribution in [0.4, 0.5) is 0 Å². The molecule has 0 spiro atoms. The van der Waals surface area contributed by atoms with Gasteiger partial charge in [0, 0.05) is 31.1 Å². The van der Waals surface area contributed by atoms with Crippen LogP contribution >= 0.6 is 11.6 Å².